The smallest absolute Gasteiger partial charge is 0.239 e. The number of nitrogens with one attached hydrogen (secondary N) is 2. The molecule has 4 nitrogen and oxygen atoms in total. The van der Waals surface area contributed by atoms with Crippen LogP contribution in [0, 0.1) is 0 Å². The molecule has 1 unspecified atom stereocenters. The van der Waals surface area contributed by atoms with Gasteiger partial charge in [0.2, 0.25) is 5.91 Å². The highest BCUT2D eigenvalue weighted by molar-refractivity contribution is 8.01. The fourth-order valence-corrected chi connectivity index (χ4v) is 3.34. The van der Waals surface area contributed by atoms with Gasteiger partial charge in [-0.05, 0) is 24.5 Å². The van der Waals surface area contributed by atoms with Gasteiger partial charge in [0.1, 0.15) is 0 Å². The van der Waals surface area contributed by atoms with Crippen molar-refractivity contribution in [2.75, 3.05) is 5.32 Å². The Kier molecular flexibility index (Phi) is 3.29. The highest BCUT2D eigenvalue weighted by atomic mass is 32.2. The lowest BCUT2D eigenvalue weighted by Gasteiger charge is -2.07. The number of nitrogens with zero attached hydrogens (tertiary/aromatic N) is 1. The second-order valence-electron chi connectivity index (χ2n) is 4.54. The standard InChI is InChI=1S/C14H15N3OS/c1-2-10-8-13(17-16-10)15-14(18)12-7-9-5-3-4-6-11(9)19-12/h3-6,8,12H,2,7H2,1H3,(H2,15,16,17,18). The number of aromatic amines is 1. The molecule has 19 heavy (non-hydrogen) atoms. The normalized spacial score (nSPS) is 17.2. The fourth-order valence-electron chi connectivity index (χ4n) is 2.14. The molecule has 0 fully saturated rings. The molecule has 98 valence electrons. The van der Waals surface area contributed by atoms with Gasteiger partial charge in [0.15, 0.2) is 5.82 Å². The number of benzene rings is 1. The van der Waals surface area contributed by atoms with Gasteiger partial charge in [0, 0.05) is 16.7 Å². The van der Waals surface area contributed by atoms with E-state index in [0.29, 0.717) is 5.82 Å². The van der Waals surface area contributed by atoms with Crippen molar-refractivity contribution < 1.29 is 4.79 Å². The number of hydrogen-bond acceptors (Lipinski definition) is 3. The molecular weight excluding hydrogens is 258 g/mol. The molecule has 0 saturated carbocycles. The van der Waals surface area contributed by atoms with E-state index < -0.39 is 0 Å². The molecule has 1 aliphatic rings. The zero-order chi connectivity index (χ0) is 13.2. The molecule has 0 saturated heterocycles. The molecule has 2 aromatic rings. The SMILES string of the molecule is CCc1cc(NC(=O)C2Cc3ccccc3S2)n[nH]1. The van der Waals surface area contributed by atoms with Crippen LogP contribution in [0.3, 0.4) is 0 Å². The first-order valence-electron chi connectivity index (χ1n) is 6.36. The van der Waals surface area contributed by atoms with Crippen molar-refractivity contribution in [2.24, 2.45) is 0 Å². The summed E-state index contributed by atoms with van der Waals surface area (Å²) in [5, 5.41) is 9.79. The van der Waals surface area contributed by atoms with Crippen LogP contribution in [0.2, 0.25) is 0 Å². The Morgan fingerprint density at radius 1 is 1.53 bits per heavy atom. The minimum Gasteiger partial charge on any atom is -0.308 e. The summed E-state index contributed by atoms with van der Waals surface area (Å²) in [5.41, 5.74) is 2.28. The van der Waals surface area contributed by atoms with Crippen molar-refractivity contribution in [3.8, 4) is 0 Å². The van der Waals surface area contributed by atoms with Crippen LogP contribution in [-0.2, 0) is 17.6 Å². The van der Waals surface area contributed by atoms with Crippen LogP contribution in [0.15, 0.2) is 35.2 Å². The Morgan fingerprint density at radius 3 is 3.11 bits per heavy atom. The predicted molar refractivity (Wildman–Crippen MR) is 76.4 cm³/mol. The van der Waals surface area contributed by atoms with E-state index in [4.69, 9.17) is 0 Å². The summed E-state index contributed by atoms with van der Waals surface area (Å²) in [6, 6.07) is 10.1. The van der Waals surface area contributed by atoms with Crippen molar-refractivity contribution in [1.29, 1.82) is 0 Å². The lowest BCUT2D eigenvalue weighted by Crippen LogP contribution is -2.24. The summed E-state index contributed by atoms with van der Waals surface area (Å²) < 4.78 is 0. The second kappa shape index (κ2) is 5.09. The van der Waals surface area contributed by atoms with Gasteiger partial charge in [-0.2, -0.15) is 5.10 Å². The van der Waals surface area contributed by atoms with E-state index in [0.717, 1.165) is 18.5 Å². The van der Waals surface area contributed by atoms with Crippen molar-refractivity contribution in [2.45, 2.75) is 29.9 Å². The molecule has 1 aliphatic heterocycles. The molecule has 5 heteroatoms. The maximum Gasteiger partial charge on any atom is 0.239 e. The maximum atomic E-state index is 12.2. The van der Waals surface area contributed by atoms with Crippen LogP contribution >= 0.6 is 11.8 Å². The number of aryl methyl sites for hydroxylation is 1. The highest BCUT2D eigenvalue weighted by Gasteiger charge is 2.28. The van der Waals surface area contributed by atoms with E-state index >= 15 is 0 Å². The summed E-state index contributed by atoms with van der Waals surface area (Å²) in [5.74, 6) is 0.633. The molecule has 1 aromatic heterocycles. The number of aromatic nitrogens is 2. The van der Waals surface area contributed by atoms with Crippen LogP contribution < -0.4 is 5.32 Å². The third-order valence-electron chi connectivity index (χ3n) is 3.20. The van der Waals surface area contributed by atoms with Gasteiger partial charge in [0.25, 0.3) is 0 Å². The van der Waals surface area contributed by atoms with Crippen LogP contribution in [0.5, 0.6) is 0 Å². The second-order valence-corrected chi connectivity index (χ2v) is 5.78. The third kappa shape index (κ3) is 2.51. The molecule has 1 amide bonds. The number of H-pyrrole nitrogens is 1. The quantitative estimate of drug-likeness (QED) is 0.904. The van der Waals surface area contributed by atoms with Gasteiger partial charge >= 0.3 is 0 Å². The zero-order valence-corrected chi connectivity index (χ0v) is 11.5. The Labute approximate surface area is 116 Å². The summed E-state index contributed by atoms with van der Waals surface area (Å²) >= 11 is 1.63. The number of hydrogen-bond donors (Lipinski definition) is 2. The van der Waals surface area contributed by atoms with E-state index in [1.165, 1.54) is 10.5 Å². The molecule has 2 N–H and O–H groups in total. The Morgan fingerprint density at radius 2 is 2.37 bits per heavy atom. The minimum atomic E-state index is -0.0563. The first-order chi connectivity index (χ1) is 9.26. The van der Waals surface area contributed by atoms with Gasteiger partial charge in [-0.1, -0.05) is 25.1 Å². The predicted octanol–water partition coefficient (Wildman–Crippen LogP) is 2.63. The number of carbonyl (C=O) groups is 1. The van der Waals surface area contributed by atoms with E-state index in [-0.39, 0.29) is 11.2 Å². The molecule has 0 bridgehead atoms. The van der Waals surface area contributed by atoms with Gasteiger partial charge in [-0.25, -0.2) is 0 Å². The Hall–Kier alpha value is -1.75. The van der Waals surface area contributed by atoms with Gasteiger partial charge in [-0.3, -0.25) is 9.89 Å². The largest absolute Gasteiger partial charge is 0.308 e. The molecule has 1 aromatic carbocycles. The van der Waals surface area contributed by atoms with Crippen molar-refractivity contribution >= 4 is 23.5 Å². The van der Waals surface area contributed by atoms with E-state index in [2.05, 4.69) is 27.6 Å². The molecule has 2 heterocycles. The van der Waals surface area contributed by atoms with E-state index in [9.17, 15) is 4.79 Å². The van der Waals surface area contributed by atoms with Gasteiger partial charge in [0.05, 0.1) is 5.25 Å². The van der Waals surface area contributed by atoms with Crippen LogP contribution in [0.4, 0.5) is 5.82 Å². The number of anilines is 1. The first-order valence-corrected chi connectivity index (χ1v) is 7.24. The third-order valence-corrected chi connectivity index (χ3v) is 4.52. The number of amides is 1. The maximum absolute atomic E-state index is 12.2. The van der Waals surface area contributed by atoms with Crippen LogP contribution in [0.25, 0.3) is 0 Å². The molecule has 0 spiro atoms. The summed E-state index contributed by atoms with van der Waals surface area (Å²) in [4.78, 5) is 13.4. The van der Waals surface area contributed by atoms with Crippen LogP contribution in [-0.4, -0.2) is 21.4 Å². The fraction of sp³-hybridized carbons (Fsp3) is 0.286. The van der Waals surface area contributed by atoms with Crippen molar-refractivity contribution in [1.82, 2.24) is 10.2 Å². The average Bonchev–Trinajstić information content (AvgIpc) is 3.04. The summed E-state index contributed by atoms with van der Waals surface area (Å²) in [7, 11) is 0. The molecule has 0 radical (unpaired) electrons. The van der Waals surface area contributed by atoms with Crippen LogP contribution in [0.1, 0.15) is 18.2 Å². The topological polar surface area (TPSA) is 57.8 Å². The Balaban J connectivity index is 1.66. The monoisotopic (exact) mass is 273 g/mol. The van der Waals surface area contributed by atoms with Gasteiger partial charge in [-0.15, -0.1) is 11.8 Å². The first kappa shape index (κ1) is 12.3. The summed E-state index contributed by atoms with van der Waals surface area (Å²) in [6.45, 7) is 2.04. The molecule has 0 aliphatic carbocycles. The number of carbonyl (C=O) groups excluding carboxylic acids is 1. The number of rotatable bonds is 3. The Bertz CT molecular complexity index is 583. The molecular formula is C14H15N3OS. The lowest BCUT2D eigenvalue weighted by atomic mass is 10.1. The van der Waals surface area contributed by atoms with Crippen molar-refractivity contribution in [3.63, 3.8) is 0 Å². The molecule has 3 rings (SSSR count). The number of fused-ring (bicyclic) bond motifs is 1. The summed E-state index contributed by atoms with van der Waals surface area (Å²) in [6.07, 6.45) is 1.67. The minimum absolute atomic E-state index is 0.0235. The van der Waals surface area contributed by atoms with E-state index in [1.54, 1.807) is 11.8 Å². The molecule has 1 atom stereocenters. The zero-order valence-electron chi connectivity index (χ0n) is 10.6. The highest BCUT2D eigenvalue weighted by Crippen LogP contribution is 2.37. The lowest BCUT2D eigenvalue weighted by molar-refractivity contribution is -0.115. The van der Waals surface area contributed by atoms with Crippen molar-refractivity contribution in [3.05, 3.63) is 41.6 Å². The average molecular weight is 273 g/mol. The number of thioether (sulfide) groups is 1. The van der Waals surface area contributed by atoms with E-state index in [1.807, 2.05) is 25.1 Å². The van der Waals surface area contributed by atoms with Gasteiger partial charge < -0.3 is 5.32 Å².